The third kappa shape index (κ3) is 7.74. The van der Waals surface area contributed by atoms with Crippen LogP contribution in [0.25, 0.3) is 0 Å². The molecule has 0 aromatic heterocycles. The van der Waals surface area contributed by atoms with Gasteiger partial charge < -0.3 is 25.0 Å². The van der Waals surface area contributed by atoms with Gasteiger partial charge in [-0.1, -0.05) is 6.07 Å². The van der Waals surface area contributed by atoms with Gasteiger partial charge in [0.25, 0.3) is 0 Å². The molecule has 7 heteroatoms. The standard InChI is InChI=1S/C20H35N5O2/c1-17(25-11-9-24(3)10-12-25)16-22-20(21-2)23-18-7-5-8-19(15-18)27-14-6-13-26-4/h5,7-8,15,17H,6,9-14,16H2,1-4H3,(H2,21,22,23). The predicted octanol–water partition coefficient (Wildman–Crippen LogP) is 1.73. The van der Waals surface area contributed by atoms with Crippen molar-refractivity contribution in [3.05, 3.63) is 24.3 Å². The summed E-state index contributed by atoms with van der Waals surface area (Å²) < 4.78 is 10.8. The molecule has 0 saturated carbocycles. The van der Waals surface area contributed by atoms with Crippen molar-refractivity contribution in [3.63, 3.8) is 0 Å². The highest BCUT2D eigenvalue weighted by Crippen LogP contribution is 2.17. The third-order valence-electron chi connectivity index (χ3n) is 4.81. The van der Waals surface area contributed by atoms with Gasteiger partial charge in [-0.15, -0.1) is 0 Å². The highest BCUT2D eigenvalue weighted by molar-refractivity contribution is 5.93. The lowest BCUT2D eigenvalue weighted by Crippen LogP contribution is -2.51. The molecular weight excluding hydrogens is 342 g/mol. The largest absolute Gasteiger partial charge is 0.493 e. The maximum absolute atomic E-state index is 5.76. The van der Waals surface area contributed by atoms with Crippen LogP contribution in [-0.2, 0) is 4.74 Å². The van der Waals surface area contributed by atoms with Gasteiger partial charge in [-0.2, -0.15) is 0 Å². The number of nitrogens with zero attached hydrogens (tertiary/aromatic N) is 3. The summed E-state index contributed by atoms with van der Waals surface area (Å²) in [5.41, 5.74) is 0.958. The predicted molar refractivity (Wildman–Crippen MR) is 112 cm³/mol. The number of ether oxygens (including phenoxy) is 2. The van der Waals surface area contributed by atoms with Gasteiger partial charge in [0.1, 0.15) is 5.75 Å². The van der Waals surface area contributed by atoms with Gasteiger partial charge in [-0.05, 0) is 26.1 Å². The molecule has 0 amide bonds. The maximum atomic E-state index is 5.76. The van der Waals surface area contributed by atoms with E-state index in [0.29, 0.717) is 19.3 Å². The molecule has 0 aliphatic carbocycles. The number of hydrogen-bond donors (Lipinski definition) is 2. The van der Waals surface area contributed by atoms with Gasteiger partial charge in [0.2, 0.25) is 0 Å². The molecule has 1 fully saturated rings. The van der Waals surface area contributed by atoms with Crippen LogP contribution in [0, 0.1) is 0 Å². The lowest BCUT2D eigenvalue weighted by molar-refractivity contribution is 0.120. The zero-order chi connectivity index (χ0) is 19.5. The molecule has 1 aliphatic rings. The second-order valence-corrected chi connectivity index (χ2v) is 6.99. The molecule has 1 atom stereocenters. The summed E-state index contributed by atoms with van der Waals surface area (Å²) in [5, 5.41) is 6.78. The van der Waals surface area contributed by atoms with Crippen LogP contribution >= 0.6 is 0 Å². The smallest absolute Gasteiger partial charge is 0.195 e. The van der Waals surface area contributed by atoms with E-state index < -0.39 is 0 Å². The quantitative estimate of drug-likeness (QED) is 0.388. The topological polar surface area (TPSA) is 61.4 Å². The first-order valence-electron chi connectivity index (χ1n) is 9.74. The summed E-state index contributed by atoms with van der Waals surface area (Å²) in [5.74, 6) is 1.62. The fraction of sp³-hybridized carbons (Fsp3) is 0.650. The van der Waals surface area contributed by atoms with Gasteiger partial charge in [0.05, 0.1) is 6.61 Å². The van der Waals surface area contributed by atoms with Gasteiger partial charge in [0.15, 0.2) is 5.96 Å². The van der Waals surface area contributed by atoms with E-state index in [1.54, 1.807) is 14.2 Å². The van der Waals surface area contributed by atoms with Crippen molar-refractivity contribution in [2.75, 3.05) is 72.5 Å². The van der Waals surface area contributed by atoms with E-state index in [2.05, 4.69) is 39.4 Å². The Bertz CT molecular complexity index is 573. The minimum atomic E-state index is 0.465. The molecule has 7 nitrogen and oxygen atoms in total. The van der Waals surface area contributed by atoms with E-state index in [0.717, 1.165) is 56.5 Å². The molecule has 1 unspecified atom stereocenters. The van der Waals surface area contributed by atoms with Crippen LogP contribution in [0.2, 0.25) is 0 Å². The summed E-state index contributed by atoms with van der Waals surface area (Å²) >= 11 is 0. The molecule has 1 aliphatic heterocycles. The molecule has 2 N–H and O–H groups in total. The Labute approximate surface area is 163 Å². The summed E-state index contributed by atoms with van der Waals surface area (Å²) in [6.45, 7) is 8.98. The van der Waals surface area contributed by atoms with Crippen molar-refractivity contribution in [2.45, 2.75) is 19.4 Å². The Morgan fingerprint density at radius 1 is 1.22 bits per heavy atom. The molecule has 152 valence electrons. The van der Waals surface area contributed by atoms with Gasteiger partial charge in [-0.3, -0.25) is 9.89 Å². The molecule has 1 heterocycles. The Morgan fingerprint density at radius 3 is 2.70 bits per heavy atom. The van der Waals surface area contributed by atoms with Crippen molar-refractivity contribution >= 4 is 11.6 Å². The average Bonchev–Trinajstić information content (AvgIpc) is 2.69. The molecule has 1 aromatic carbocycles. The second kappa shape index (κ2) is 11.8. The average molecular weight is 378 g/mol. The summed E-state index contributed by atoms with van der Waals surface area (Å²) in [7, 11) is 5.68. The number of rotatable bonds is 9. The lowest BCUT2D eigenvalue weighted by Gasteiger charge is -2.36. The SMILES string of the molecule is CN=C(NCC(C)N1CCN(C)CC1)Nc1cccc(OCCCOC)c1. The van der Waals surface area contributed by atoms with E-state index in [-0.39, 0.29) is 0 Å². The molecule has 1 saturated heterocycles. The third-order valence-corrected chi connectivity index (χ3v) is 4.81. The number of hydrogen-bond acceptors (Lipinski definition) is 5. The van der Waals surface area contributed by atoms with Crippen molar-refractivity contribution in [3.8, 4) is 5.75 Å². The van der Waals surface area contributed by atoms with Crippen molar-refractivity contribution in [2.24, 2.45) is 4.99 Å². The maximum Gasteiger partial charge on any atom is 0.195 e. The van der Waals surface area contributed by atoms with Gasteiger partial charge in [-0.25, -0.2) is 0 Å². The van der Waals surface area contributed by atoms with E-state index >= 15 is 0 Å². The molecular formula is C20H35N5O2. The van der Waals surface area contributed by atoms with E-state index in [1.807, 2.05) is 24.3 Å². The fourth-order valence-corrected chi connectivity index (χ4v) is 3.01. The van der Waals surface area contributed by atoms with Crippen molar-refractivity contribution in [1.29, 1.82) is 0 Å². The minimum Gasteiger partial charge on any atom is -0.493 e. The zero-order valence-corrected chi connectivity index (χ0v) is 17.2. The number of anilines is 1. The van der Waals surface area contributed by atoms with Crippen LogP contribution < -0.4 is 15.4 Å². The first-order chi connectivity index (χ1) is 13.1. The summed E-state index contributed by atoms with van der Waals surface area (Å²) in [6.07, 6.45) is 0.877. The Morgan fingerprint density at radius 2 is 2.00 bits per heavy atom. The van der Waals surface area contributed by atoms with Crippen LogP contribution in [0.5, 0.6) is 5.75 Å². The van der Waals surface area contributed by atoms with Crippen LogP contribution in [0.15, 0.2) is 29.3 Å². The number of benzene rings is 1. The van der Waals surface area contributed by atoms with E-state index in [9.17, 15) is 0 Å². The van der Waals surface area contributed by atoms with Crippen LogP contribution in [0.1, 0.15) is 13.3 Å². The number of aliphatic imine (C=N–C) groups is 1. The monoisotopic (exact) mass is 377 g/mol. The van der Waals surface area contributed by atoms with Crippen molar-refractivity contribution < 1.29 is 9.47 Å². The number of likely N-dealkylation sites (N-methyl/N-ethyl adjacent to an activating group) is 1. The van der Waals surface area contributed by atoms with Crippen LogP contribution in [-0.4, -0.2) is 88.9 Å². The number of nitrogens with one attached hydrogen (secondary N) is 2. The summed E-state index contributed by atoms with van der Waals surface area (Å²) in [6, 6.07) is 8.41. The fourth-order valence-electron chi connectivity index (χ4n) is 3.01. The molecule has 0 radical (unpaired) electrons. The number of guanidine groups is 1. The highest BCUT2D eigenvalue weighted by atomic mass is 16.5. The number of methoxy groups -OCH3 is 1. The number of piperazine rings is 1. The Balaban J connectivity index is 1.79. The molecule has 0 bridgehead atoms. The first kappa shape index (κ1) is 21.5. The molecule has 1 aromatic rings. The minimum absolute atomic E-state index is 0.465. The Hall–Kier alpha value is -1.83. The first-order valence-corrected chi connectivity index (χ1v) is 9.74. The Kier molecular flexibility index (Phi) is 9.38. The van der Waals surface area contributed by atoms with E-state index in [4.69, 9.17) is 9.47 Å². The lowest BCUT2D eigenvalue weighted by atomic mass is 10.2. The van der Waals surface area contributed by atoms with E-state index in [1.165, 1.54) is 0 Å². The van der Waals surface area contributed by atoms with Gasteiger partial charge >= 0.3 is 0 Å². The molecule has 0 spiro atoms. The normalized spacial score (nSPS) is 17.6. The zero-order valence-electron chi connectivity index (χ0n) is 17.2. The summed E-state index contributed by atoms with van der Waals surface area (Å²) in [4.78, 5) is 9.24. The molecule has 27 heavy (non-hydrogen) atoms. The highest BCUT2D eigenvalue weighted by Gasteiger charge is 2.19. The molecule has 2 rings (SSSR count). The van der Waals surface area contributed by atoms with Gasteiger partial charge in [0, 0.05) is 77.7 Å². The van der Waals surface area contributed by atoms with Crippen LogP contribution in [0.4, 0.5) is 5.69 Å². The second-order valence-electron chi connectivity index (χ2n) is 6.99. The van der Waals surface area contributed by atoms with Crippen molar-refractivity contribution in [1.82, 2.24) is 15.1 Å². The van der Waals surface area contributed by atoms with Crippen LogP contribution in [0.3, 0.4) is 0 Å².